The van der Waals surface area contributed by atoms with Crippen molar-refractivity contribution in [1.82, 2.24) is 15.2 Å². The van der Waals surface area contributed by atoms with Crippen molar-refractivity contribution in [1.29, 1.82) is 0 Å². The van der Waals surface area contributed by atoms with Crippen LogP contribution in [-0.4, -0.2) is 15.2 Å². The van der Waals surface area contributed by atoms with Crippen molar-refractivity contribution in [3.8, 4) is 0 Å². The molecule has 3 nitrogen and oxygen atoms in total. The number of rotatable bonds is 2. The maximum Gasteiger partial charge on any atom is 0.161 e. The maximum absolute atomic E-state index is 4.48. The molecule has 0 amide bonds. The number of H-pyrrole nitrogens is 1. The number of hydrogen-bond donors (Lipinski definition) is 1. The molecule has 16 heavy (non-hydrogen) atoms. The van der Waals surface area contributed by atoms with Gasteiger partial charge in [0.15, 0.2) is 5.82 Å². The number of hydrogen-bond acceptors (Lipinski definition) is 2. The van der Waals surface area contributed by atoms with Crippen LogP contribution in [0.1, 0.15) is 35.6 Å². The molecule has 0 spiro atoms. The summed E-state index contributed by atoms with van der Waals surface area (Å²) in [5.41, 5.74) is 2.74. The summed E-state index contributed by atoms with van der Waals surface area (Å²) in [5, 5.41) is 7.25. The summed E-state index contributed by atoms with van der Waals surface area (Å²) in [6, 6.07) is 8.73. The Labute approximate surface area is 94.9 Å². The lowest BCUT2D eigenvalue weighted by atomic mass is 9.94. The number of aromatic amines is 1. The Morgan fingerprint density at radius 2 is 1.81 bits per heavy atom. The summed E-state index contributed by atoms with van der Waals surface area (Å²) in [5.74, 6) is 1.85. The average Bonchev–Trinajstić information content (AvgIpc) is 2.97. The summed E-state index contributed by atoms with van der Waals surface area (Å²) >= 11 is 0. The summed E-state index contributed by atoms with van der Waals surface area (Å²) in [7, 11) is 0. The van der Waals surface area contributed by atoms with Gasteiger partial charge in [-0.05, 0) is 32.3 Å². The molecule has 3 rings (SSSR count). The first-order valence-corrected chi connectivity index (χ1v) is 5.67. The fraction of sp³-hybridized carbons (Fsp3) is 0.385. The minimum Gasteiger partial charge on any atom is -0.263 e. The second-order valence-corrected chi connectivity index (χ2v) is 4.69. The van der Waals surface area contributed by atoms with Crippen LogP contribution in [0.3, 0.4) is 0 Å². The van der Waals surface area contributed by atoms with Gasteiger partial charge in [-0.1, -0.05) is 29.8 Å². The lowest BCUT2D eigenvalue weighted by Gasteiger charge is -2.11. The fourth-order valence-electron chi connectivity index (χ4n) is 2.20. The average molecular weight is 213 g/mol. The second kappa shape index (κ2) is 3.17. The van der Waals surface area contributed by atoms with Crippen LogP contribution in [0.5, 0.6) is 0 Å². The molecule has 0 unspecified atom stereocenters. The van der Waals surface area contributed by atoms with Gasteiger partial charge in [0, 0.05) is 0 Å². The van der Waals surface area contributed by atoms with Gasteiger partial charge in [-0.3, -0.25) is 5.10 Å². The third kappa shape index (κ3) is 1.35. The van der Waals surface area contributed by atoms with Gasteiger partial charge in [0.1, 0.15) is 5.82 Å². The molecule has 0 aliphatic heterocycles. The summed E-state index contributed by atoms with van der Waals surface area (Å²) in [4.78, 5) is 4.48. The van der Waals surface area contributed by atoms with Crippen molar-refractivity contribution in [3.05, 3.63) is 47.0 Å². The first-order chi connectivity index (χ1) is 7.71. The number of nitrogens with zero attached hydrogens (tertiary/aromatic N) is 2. The quantitative estimate of drug-likeness (QED) is 0.832. The molecule has 1 N–H and O–H groups in total. The van der Waals surface area contributed by atoms with E-state index in [1.807, 2.05) is 6.92 Å². The Bertz CT molecular complexity index is 506. The molecule has 2 aromatic rings. The van der Waals surface area contributed by atoms with E-state index in [4.69, 9.17) is 0 Å². The molecule has 1 fully saturated rings. The Morgan fingerprint density at radius 3 is 2.31 bits per heavy atom. The topological polar surface area (TPSA) is 41.6 Å². The van der Waals surface area contributed by atoms with Gasteiger partial charge >= 0.3 is 0 Å². The summed E-state index contributed by atoms with van der Waals surface area (Å²) < 4.78 is 0. The minimum absolute atomic E-state index is 0.0957. The first-order valence-electron chi connectivity index (χ1n) is 5.67. The first kappa shape index (κ1) is 9.58. The van der Waals surface area contributed by atoms with E-state index in [-0.39, 0.29) is 5.41 Å². The van der Waals surface area contributed by atoms with Gasteiger partial charge < -0.3 is 0 Å². The van der Waals surface area contributed by atoms with Gasteiger partial charge in [-0.25, -0.2) is 4.98 Å². The maximum atomic E-state index is 4.48. The zero-order valence-corrected chi connectivity index (χ0v) is 9.62. The van der Waals surface area contributed by atoms with Crippen LogP contribution in [0.4, 0.5) is 0 Å². The number of nitrogens with one attached hydrogen (secondary N) is 1. The number of aromatic nitrogens is 3. The Morgan fingerprint density at radius 1 is 1.12 bits per heavy atom. The molecule has 0 saturated heterocycles. The van der Waals surface area contributed by atoms with Gasteiger partial charge in [0.05, 0.1) is 5.41 Å². The van der Waals surface area contributed by atoms with Gasteiger partial charge in [-0.2, -0.15) is 5.10 Å². The molecule has 0 radical (unpaired) electrons. The Kier molecular flexibility index (Phi) is 1.90. The molecule has 1 aromatic heterocycles. The normalized spacial score (nSPS) is 17.4. The third-order valence-electron chi connectivity index (χ3n) is 3.38. The lowest BCUT2D eigenvalue weighted by Crippen LogP contribution is -2.10. The predicted molar refractivity (Wildman–Crippen MR) is 62.3 cm³/mol. The van der Waals surface area contributed by atoms with Crippen LogP contribution in [0.25, 0.3) is 0 Å². The van der Waals surface area contributed by atoms with E-state index < -0.39 is 0 Å². The van der Waals surface area contributed by atoms with Crippen molar-refractivity contribution >= 4 is 0 Å². The fourth-order valence-corrected chi connectivity index (χ4v) is 2.20. The van der Waals surface area contributed by atoms with E-state index in [1.54, 1.807) is 0 Å². The molecule has 1 aliphatic carbocycles. The molecule has 3 heteroatoms. The monoisotopic (exact) mass is 213 g/mol. The van der Waals surface area contributed by atoms with E-state index in [2.05, 4.69) is 46.4 Å². The van der Waals surface area contributed by atoms with Gasteiger partial charge in [0.25, 0.3) is 0 Å². The molecular formula is C13H15N3. The van der Waals surface area contributed by atoms with Gasteiger partial charge in [0.2, 0.25) is 0 Å². The standard InChI is InChI=1S/C13H15N3/c1-9-3-5-11(6-4-9)13(7-8-13)12-14-10(2)15-16-12/h3-6H,7-8H2,1-2H3,(H,14,15,16). The van der Waals surface area contributed by atoms with Crippen LogP contribution < -0.4 is 0 Å². The van der Waals surface area contributed by atoms with E-state index >= 15 is 0 Å². The number of benzene rings is 1. The van der Waals surface area contributed by atoms with Crippen molar-refractivity contribution < 1.29 is 0 Å². The largest absolute Gasteiger partial charge is 0.263 e. The summed E-state index contributed by atoms with van der Waals surface area (Å²) in [6.45, 7) is 4.06. The van der Waals surface area contributed by atoms with Crippen molar-refractivity contribution in [3.63, 3.8) is 0 Å². The predicted octanol–water partition coefficient (Wildman–Crippen LogP) is 2.50. The highest BCUT2D eigenvalue weighted by molar-refractivity contribution is 5.40. The van der Waals surface area contributed by atoms with Crippen LogP contribution in [0, 0.1) is 13.8 Å². The Balaban J connectivity index is 2.03. The highest BCUT2D eigenvalue weighted by Crippen LogP contribution is 2.51. The van der Waals surface area contributed by atoms with Gasteiger partial charge in [-0.15, -0.1) is 0 Å². The molecule has 1 aromatic carbocycles. The van der Waals surface area contributed by atoms with Crippen molar-refractivity contribution in [2.75, 3.05) is 0 Å². The van der Waals surface area contributed by atoms with Crippen LogP contribution >= 0.6 is 0 Å². The smallest absolute Gasteiger partial charge is 0.161 e. The molecule has 1 aliphatic rings. The third-order valence-corrected chi connectivity index (χ3v) is 3.38. The molecule has 0 bridgehead atoms. The van der Waals surface area contributed by atoms with E-state index in [0.717, 1.165) is 24.5 Å². The lowest BCUT2D eigenvalue weighted by molar-refractivity contribution is 0.760. The van der Waals surface area contributed by atoms with Crippen molar-refractivity contribution in [2.45, 2.75) is 32.1 Å². The molecular weight excluding hydrogens is 198 g/mol. The van der Waals surface area contributed by atoms with E-state index in [9.17, 15) is 0 Å². The molecule has 0 atom stereocenters. The van der Waals surface area contributed by atoms with Crippen LogP contribution in [0.15, 0.2) is 24.3 Å². The highest BCUT2D eigenvalue weighted by atomic mass is 15.2. The molecule has 1 saturated carbocycles. The molecule has 82 valence electrons. The van der Waals surface area contributed by atoms with Crippen LogP contribution in [0.2, 0.25) is 0 Å². The second-order valence-electron chi connectivity index (χ2n) is 4.69. The van der Waals surface area contributed by atoms with E-state index in [0.29, 0.717) is 0 Å². The highest BCUT2D eigenvalue weighted by Gasteiger charge is 2.49. The Hall–Kier alpha value is -1.64. The zero-order chi connectivity index (χ0) is 11.2. The van der Waals surface area contributed by atoms with Crippen LogP contribution in [-0.2, 0) is 5.41 Å². The summed E-state index contributed by atoms with van der Waals surface area (Å²) in [6.07, 6.45) is 2.32. The van der Waals surface area contributed by atoms with E-state index in [1.165, 1.54) is 11.1 Å². The van der Waals surface area contributed by atoms with Crippen molar-refractivity contribution in [2.24, 2.45) is 0 Å². The minimum atomic E-state index is 0.0957. The SMILES string of the molecule is Cc1ccc(C2(c3n[nH]c(C)n3)CC2)cc1. The zero-order valence-electron chi connectivity index (χ0n) is 9.62. The molecule has 1 heterocycles. The number of aryl methyl sites for hydroxylation is 2.